The molecule has 0 saturated heterocycles. The molecule has 0 fully saturated rings. The predicted molar refractivity (Wildman–Crippen MR) is 73.8 cm³/mol. The molecule has 1 atom stereocenters. The fraction of sp³-hybridized carbons (Fsp3) is 0.429. The summed E-state index contributed by atoms with van der Waals surface area (Å²) < 4.78 is 4.94. The molecule has 104 valence electrons. The van der Waals surface area contributed by atoms with Gasteiger partial charge in [0.05, 0.1) is 23.9 Å². The van der Waals surface area contributed by atoms with E-state index in [1.54, 1.807) is 31.2 Å². The van der Waals surface area contributed by atoms with Gasteiger partial charge in [0.15, 0.2) is 0 Å². The third-order valence-electron chi connectivity index (χ3n) is 2.70. The van der Waals surface area contributed by atoms with Crippen molar-refractivity contribution in [1.29, 1.82) is 0 Å². The normalized spacial score (nSPS) is 12.1. The molecule has 1 aromatic carbocycles. The van der Waals surface area contributed by atoms with Crippen LogP contribution in [0.15, 0.2) is 24.3 Å². The zero-order chi connectivity index (χ0) is 14.4. The number of carbonyl (C=O) groups is 2. The Kier molecular flexibility index (Phi) is 5.51. The third kappa shape index (κ3) is 4.06. The maximum atomic E-state index is 11.9. The third-order valence-corrected chi connectivity index (χ3v) is 2.70. The molecule has 19 heavy (non-hydrogen) atoms. The van der Waals surface area contributed by atoms with Gasteiger partial charge in [0, 0.05) is 0 Å². The number of benzene rings is 1. The number of hydrogen-bond acceptors (Lipinski definition) is 4. The lowest BCUT2D eigenvalue weighted by atomic mass is 10.0. The lowest BCUT2D eigenvalue weighted by Gasteiger charge is -2.16. The average Bonchev–Trinajstić information content (AvgIpc) is 2.38. The van der Waals surface area contributed by atoms with Gasteiger partial charge >= 0.3 is 5.97 Å². The van der Waals surface area contributed by atoms with Crippen molar-refractivity contribution in [3.63, 3.8) is 0 Å². The highest BCUT2D eigenvalue weighted by Gasteiger charge is 2.20. The van der Waals surface area contributed by atoms with E-state index in [4.69, 9.17) is 10.5 Å². The molecule has 0 spiro atoms. The molecule has 0 saturated carbocycles. The van der Waals surface area contributed by atoms with Gasteiger partial charge < -0.3 is 15.8 Å². The van der Waals surface area contributed by atoms with Gasteiger partial charge in [-0.05, 0) is 25.0 Å². The van der Waals surface area contributed by atoms with Crippen LogP contribution >= 0.6 is 0 Å². The van der Waals surface area contributed by atoms with Crippen molar-refractivity contribution in [3.05, 3.63) is 29.8 Å². The van der Waals surface area contributed by atoms with Crippen molar-refractivity contribution in [1.82, 2.24) is 0 Å². The molecule has 0 aromatic heterocycles. The van der Waals surface area contributed by atoms with Crippen molar-refractivity contribution in [2.75, 3.05) is 11.9 Å². The van der Waals surface area contributed by atoms with Gasteiger partial charge in [0.25, 0.3) is 0 Å². The number of esters is 1. The van der Waals surface area contributed by atoms with Gasteiger partial charge in [-0.3, -0.25) is 4.79 Å². The Morgan fingerprint density at radius 1 is 1.32 bits per heavy atom. The number of anilines is 1. The SMILES string of the molecule is CCOC(=O)c1ccccc1NC(=O)[C@@H](N)C(C)C. The molecule has 0 heterocycles. The summed E-state index contributed by atoms with van der Waals surface area (Å²) in [5, 5.41) is 2.67. The summed E-state index contributed by atoms with van der Waals surface area (Å²) in [5.74, 6) is -0.752. The summed E-state index contributed by atoms with van der Waals surface area (Å²) >= 11 is 0. The first-order valence-electron chi connectivity index (χ1n) is 6.30. The van der Waals surface area contributed by atoms with Crippen LogP contribution in [-0.4, -0.2) is 24.5 Å². The average molecular weight is 264 g/mol. The zero-order valence-electron chi connectivity index (χ0n) is 11.5. The molecule has 1 rings (SSSR count). The second-order valence-corrected chi connectivity index (χ2v) is 4.53. The van der Waals surface area contributed by atoms with Gasteiger partial charge in [-0.15, -0.1) is 0 Å². The quantitative estimate of drug-likeness (QED) is 0.794. The van der Waals surface area contributed by atoms with Crippen molar-refractivity contribution in [2.45, 2.75) is 26.8 Å². The molecule has 0 bridgehead atoms. The van der Waals surface area contributed by atoms with Crippen molar-refractivity contribution in [2.24, 2.45) is 11.7 Å². The monoisotopic (exact) mass is 264 g/mol. The standard InChI is InChI=1S/C14H20N2O3/c1-4-19-14(18)10-7-5-6-8-11(10)16-13(17)12(15)9(2)3/h5-9,12H,4,15H2,1-3H3,(H,16,17)/t12-/m0/s1. The minimum atomic E-state index is -0.616. The van der Waals surface area contributed by atoms with E-state index in [1.807, 2.05) is 13.8 Å². The van der Waals surface area contributed by atoms with E-state index in [1.165, 1.54) is 0 Å². The summed E-state index contributed by atoms with van der Waals surface area (Å²) in [6.07, 6.45) is 0. The van der Waals surface area contributed by atoms with E-state index in [9.17, 15) is 9.59 Å². The number of rotatable bonds is 5. The van der Waals surface area contributed by atoms with Crippen LogP contribution in [0.3, 0.4) is 0 Å². The first-order valence-corrected chi connectivity index (χ1v) is 6.30. The molecule has 0 aliphatic carbocycles. The van der Waals surface area contributed by atoms with E-state index >= 15 is 0 Å². The zero-order valence-corrected chi connectivity index (χ0v) is 11.5. The summed E-state index contributed by atoms with van der Waals surface area (Å²) in [7, 11) is 0. The fourth-order valence-corrected chi connectivity index (χ4v) is 1.50. The van der Waals surface area contributed by atoms with E-state index in [2.05, 4.69) is 5.32 Å². The number of amides is 1. The largest absolute Gasteiger partial charge is 0.462 e. The Bertz CT molecular complexity index is 458. The summed E-state index contributed by atoms with van der Waals surface area (Å²) in [5.41, 5.74) is 6.51. The molecule has 0 radical (unpaired) electrons. The molecule has 1 aromatic rings. The van der Waals surface area contributed by atoms with E-state index in [0.29, 0.717) is 11.3 Å². The van der Waals surface area contributed by atoms with Crippen LogP contribution in [0, 0.1) is 5.92 Å². The number of para-hydroxylation sites is 1. The summed E-state index contributed by atoms with van der Waals surface area (Å²) in [6, 6.07) is 6.09. The minimum Gasteiger partial charge on any atom is -0.462 e. The molecule has 0 unspecified atom stereocenters. The number of nitrogens with one attached hydrogen (secondary N) is 1. The van der Waals surface area contributed by atoms with Gasteiger partial charge in [-0.2, -0.15) is 0 Å². The second kappa shape index (κ2) is 6.89. The van der Waals surface area contributed by atoms with Crippen LogP contribution in [0.5, 0.6) is 0 Å². The lowest BCUT2D eigenvalue weighted by Crippen LogP contribution is -2.40. The summed E-state index contributed by atoms with van der Waals surface area (Å²) in [4.78, 5) is 23.6. The Morgan fingerprint density at radius 3 is 2.53 bits per heavy atom. The second-order valence-electron chi connectivity index (χ2n) is 4.53. The fourth-order valence-electron chi connectivity index (χ4n) is 1.50. The number of carbonyl (C=O) groups excluding carboxylic acids is 2. The highest BCUT2D eigenvalue weighted by Crippen LogP contribution is 2.17. The van der Waals surface area contributed by atoms with Crippen molar-refractivity contribution < 1.29 is 14.3 Å². The summed E-state index contributed by atoms with van der Waals surface area (Å²) in [6.45, 7) is 5.74. The molecular formula is C14H20N2O3. The van der Waals surface area contributed by atoms with E-state index in [0.717, 1.165) is 0 Å². The molecule has 0 aliphatic rings. The van der Waals surface area contributed by atoms with E-state index < -0.39 is 12.0 Å². The molecule has 5 heteroatoms. The van der Waals surface area contributed by atoms with Crippen LogP contribution in [0.2, 0.25) is 0 Å². The first kappa shape index (κ1) is 15.2. The predicted octanol–water partition coefficient (Wildman–Crippen LogP) is 1.79. The van der Waals surface area contributed by atoms with Crippen LogP contribution in [-0.2, 0) is 9.53 Å². The van der Waals surface area contributed by atoms with Crippen molar-refractivity contribution in [3.8, 4) is 0 Å². The Balaban J connectivity index is 2.89. The van der Waals surface area contributed by atoms with Crippen LogP contribution in [0.25, 0.3) is 0 Å². The molecule has 0 aliphatic heterocycles. The van der Waals surface area contributed by atoms with E-state index in [-0.39, 0.29) is 18.4 Å². The number of ether oxygens (including phenoxy) is 1. The number of nitrogens with two attached hydrogens (primary N) is 1. The minimum absolute atomic E-state index is 0.0229. The topological polar surface area (TPSA) is 81.4 Å². The van der Waals surface area contributed by atoms with Crippen LogP contribution in [0.1, 0.15) is 31.1 Å². The highest BCUT2D eigenvalue weighted by molar-refractivity contribution is 6.02. The first-order chi connectivity index (χ1) is 8.97. The van der Waals surface area contributed by atoms with Crippen LogP contribution < -0.4 is 11.1 Å². The molecule has 5 nitrogen and oxygen atoms in total. The van der Waals surface area contributed by atoms with Gasteiger partial charge in [-0.25, -0.2) is 4.79 Å². The van der Waals surface area contributed by atoms with Gasteiger partial charge in [0.2, 0.25) is 5.91 Å². The van der Waals surface area contributed by atoms with Crippen LogP contribution in [0.4, 0.5) is 5.69 Å². The van der Waals surface area contributed by atoms with Gasteiger partial charge in [-0.1, -0.05) is 26.0 Å². The highest BCUT2D eigenvalue weighted by atomic mass is 16.5. The maximum Gasteiger partial charge on any atom is 0.340 e. The Hall–Kier alpha value is -1.88. The van der Waals surface area contributed by atoms with Gasteiger partial charge in [0.1, 0.15) is 0 Å². The Morgan fingerprint density at radius 2 is 1.95 bits per heavy atom. The molecule has 1 amide bonds. The van der Waals surface area contributed by atoms with Crippen molar-refractivity contribution >= 4 is 17.6 Å². The Labute approximate surface area is 113 Å². The molecule has 3 N–H and O–H groups in total. The smallest absolute Gasteiger partial charge is 0.340 e. The number of hydrogen-bond donors (Lipinski definition) is 2. The maximum absolute atomic E-state index is 11.9. The molecular weight excluding hydrogens is 244 g/mol. The lowest BCUT2D eigenvalue weighted by molar-refractivity contribution is -0.118.